The summed E-state index contributed by atoms with van der Waals surface area (Å²) in [6.07, 6.45) is 1.57. The van der Waals surface area contributed by atoms with Gasteiger partial charge in [0.25, 0.3) is 13.9 Å². The number of hydrogen-bond acceptors (Lipinski definition) is 4. The average Bonchev–Trinajstić information content (AvgIpc) is 2.33. The highest BCUT2D eigenvalue weighted by atomic mass is 28.4. The number of esters is 1. The molecular weight excluding hydrogens is 286 g/mol. The van der Waals surface area contributed by atoms with E-state index in [0.717, 1.165) is 0 Å². The van der Waals surface area contributed by atoms with Gasteiger partial charge in [0, 0.05) is 6.20 Å². The van der Waals surface area contributed by atoms with Gasteiger partial charge in [-0.1, -0.05) is 20.8 Å². The molecule has 1 aromatic rings. The van der Waals surface area contributed by atoms with Crippen LogP contribution in [0.25, 0.3) is 0 Å². The molecule has 0 unspecified atom stereocenters. The van der Waals surface area contributed by atoms with Crippen LogP contribution in [0.2, 0.25) is 18.1 Å². The van der Waals surface area contributed by atoms with E-state index in [0.29, 0.717) is 12.4 Å². The molecule has 21 heavy (non-hydrogen) atoms. The van der Waals surface area contributed by atoms with Gasteiger partial charge in [0.15, 0.2) is 5.75 Å². The molecule has 1 rings (SSSR count). The molecule has 0 aromatic carbocycles. The number of rotatable bonds is 5. The van der Waals surface area contributed by atoms with E-state index in [2.05, 4.69) is 33.9 Å². The molecule has 0 fully saturated rings. The lowest BCUT2D eigenvalue weighted by molar-refractivity contribution is -0.143. The predicted octanol–water partition coefficient (Wildman–Crippen LogP) is 2.80. The molecule has 0 aliphatic rings. The molecule has 0 aliphatic carbocycles. The van der Waals surface area contributed by atoms with Crippen molar-refractivity contribution in [2.24, 2.45) is 0 Å². The Balaban J connectivity index is 3.02. The zero-order chi connectivity index (χ0) is 16.3. The lowest BCUT2D eigenvalue weighted by Gasteiger charge is -2.36. The Hall–Kier alpha value is -1.56. The molecule has 1 heterocycles. The topological polar surface area (TPSA) is 57.5 Å². The van der Waals surface area contributed by atoms with Gasteiger partial charge in [0.05, 0.1) is 6.61 Å². The quantitative estimate of drug-likeness (QED) is 0.620. The van der Waals surface area contributed by atoms with Crippen LogP contribution in [0.3, 0.4) is 0 Å². The largest absolute Gasteiger partial charge is 0.540 e. The number of pyridine rings is 1. The summed E-state index contributed by atoms with van der Waals surface area (Å²) in [7, 11) is -2.08. The second-order valence-corrected chi connectivity index (χ2v) is 11.2. The fraction of sp³-hybridized carbons (Fsp3) is 0.600. The highest BCUT2D eigenvalue weighted by molar-refractivity contribution is 6.74. The molecule has 1 aromatic heterocycles. The second kappa shape index (κ2) is 6.47. The van der Waals surface area contributed by atoms with Crippen LogP contribution in [0.4, 0.5) is 0 Å². The van der Waals surface area contributed by atoms with Gasteiger partial charge in [-0.25, -0.2) is 0 Å². The molecule has 0 saturated carbocycles. The maximum Gasteiger partial charge on any atom is 0.326 e. The zero-order valence-electron chi connectivity index (χ0n) is 13.7. The monoisotopic (exact) mass is 311 g/mol. The molecule has 0 spiro atoms. The molecule has 5 nitrogen and oxygen atoms in total. The lowest BCUT2D eigenvalue weighted by atomic mass is 10.2. The Bertz CT molecular complexity index is 558. The number of carbonyl (C=O) groups is 1. The summed E-state index contributed by atoms with van der Waals surface area (Å²) in [6, 6.07) is 3.37. The standard InChI is InChI=1S/C15H25NO4Si/c1-7-19-13(17)11-16-10-8-9-12(14(16)18)20-21(5,6)15(2,3)4/h8-10H,7,11H2,1-6H3. The van der Waals surface area contributed by atoms with E-state index < -0.39 is 14.3 Å². The van der Waals surface area contributed by atoms with Crippen LogP contribution in [-0.4, -0.2) is 25.5 Å². The van der Waals surface area contributed by atoms with Crippen molar-refractivity contribution in [2.75, 3.05) is 6.61 Å². The van der Waals surface area contributed by atoms with Crippen LogP contribution in [0, 0.1) is 0 Å². The summed E-state index contributed by atoms with van der Waals surface area (Å²) in [4.78, 5) is 23.9. The summed E-state index contributed by atoms with van der Waals surface area (Å²) in [5, 5.41) is 0.00124. The first-order valence-corrected chi connectivity index (χ1v) is 10.0. The number of aromatic nitrogens is 1. The van der Waals surface area contributed by atoms with Crippen LogP contribution < -0.4 is 9.99 Å². The summed E-state index contributed by atoms with van der Waals surface area (Å²) in [6.45, 7) is 12.4. The third kappa shape index (κ3) is 4.46. The highest BCUT2D eigenvalue weighted by Gasteiger charge is 2.39. The van der Waals surface area contributed by atoms with Crippen molar-refractivity contribution >= 4 is 14.3 Å². The summed E-state index contributed by atoms with van der Waals surface area (Å²) in [5.41, 5.74) is -0.296. The maximum atomic E-state index is 12.4. The first-order chi connectivity index (χ1) is 9.58. The fourth-order valence-electron chi connectivity index (χ4n) is 1.49. The van der Waals surface area contributed by atoms with E-state index in [4.69, 9.17) is 9.16 Å². The van der Waals surface area contributed by atoms with Gasteiger partial charge in [-0.05, 0) is 37.2 Å². The minimum Gasteiger partial charge on any atom is -0.540 e. The molecular formula is C15H25NO4Si. The van der Waals surface area contributed by atoms with Gasteiger partial charge >= 0.3 is 5.97 Å². The summed E-state index contributed by atoms with van der Waals surface area (Å²) >= 11 is 0. The Kier molecular flexibility index (Phi) is 5.39. The van der Waals surface area contributed by atoms with Gasteiger partial charge in [0.1, 0.15) is 6.54 Å². The molecule has 0 radical (unpaired) electrons. The number of ether oxygens (including phenoxy) is 1. The van der Waals surface area contributed by atoms with Gasteiger partial charge < -0.3 is 13.7 Å². The Morgan fingerprint density at radius 2 is 1.95 bits per heavy atom. The van der Waals surface area contributed by atoms with Crippen molar-refractivity contribution in [1.82, 2.24) is 4.57 Å². The van der Waals surface area contributed by atoms with E-state index in [1.807, 2.05) is 0 Å². The van der Waals surface area contributed by atoms with E-state index in [1.165, 1.54) is 4.57 Å². The van der Waals surface area contributed by atoms with Crippen molar-refractivity contribution in [3.63, 3.8) is 0 Å². The third-order valence-corrected chi connectivity index (χ3v) is 8.10. The van der Waals surface area contributed by atoms with Crippen molar-refractivity contribution in [3.8, 4) is 5.75 Å². The number of hydrogen-bond donors (Lipinski definition) is 0. The smallest absolute Gasteiger partial charge is 0.326 e. The van der Waals surface area contributed by atoms with Crippen molar-refractivity contribution in [3.05, 3.63) is 28.7 Å². The lowest BCUT2D eigenvalue weighted by Crippen LogP contribution is -2.45. The SMILES string of the molecule is CCOC(=O)Cn1cccc(O[Si](C)(C)C(C)(C)C)c1=O. The Morgan fingerprint density at radius 3 is 2.48 bits per heavy atom. The minimum absolute atomic E-state index is 0.00124. The van der Waals surface area contributed by atoms with Crippen molar-refractivity contribution in [1.29, 1.82) is 0 Å². The Labute approximate surface area is 127 Å². The minimum atomic E-state index is -2.08. The predicted molar refractivity (Wildman–Crippen MR) is 85.2 cm³/mol. The van der Waals surface area contributed by atoms with Crippen molar-refractivity contribution < 1.29 is 14.0 Å². The first kappa shape index (κ1) is 17.5. The van der Waals surface area contributed by atoms with Gasteiger partial charge in [-0.2, -0.15) is 0 Å². The van der Waals surface area contributed by atoms with Gasteiger partial charge in [-0.3, -0.25) is 9.59 Å². The van der Waals surface area contributed by atoms with E-state index in [-0.39, 0.29) is 17.1 Å². The normalized spacial score (nSPS) is 12.1. The van der Waals surface area contributed by atoms with E-state index in [1.54, 1.807) is 25.3 Å². The third-order valence-electron chi connectivity index (χ3n) is 3.76. The number of carbonyl (C=O) groups excluding carboxylic acids is 1. The molecule has 0 amide bonds. The van der Waals surface area contributed by atoms with Gasteiger partial charge in [0.2, 0.25) is 0 Å². The fourth-order valence-corrected chi connectivity index (χ4v) is 2.50. The van der Waals surface area contributed by atoms with Crippen LogP contribution >= 0.6 is 0 Å². The van der Waals surface area contributed by atoms with E-state index >= 15 is 0 Å². The average molecular weight is 311 g/mol. The van der Waals surface area contributed by atoms with Crippen LogP contribution in [0.5, 0.6) is 5.75 Å². The molecule has 0 aliphatic heterocycles. The second-order valence-electron chi connectivity index (χ2n) is 6.47. The van der Waals surface area contributed by atoms with Crippen LogP contribution in [0.15, 0.2) is 23.1 Å². The molecule has 0 atom stereocenters. The highest BCUT2D eigenvalue weighted by Crippen LogP contribution is 2.36. The zero-order valence-corrected chi connectivity index (χ0v) is 14.7. The first-order valence-electron chi connectivity index (χ1n) is 7.12. The van der Waals surface area contributed by atoms with E-state index in [9.17, 15) is 9.59 Å². The summed E-state index contributed by atoms with van der Waals surface area (Å²) < 4.78 is 12.2. The maximum absolute atomic E-state index is 12.4. The van der Waals surface area contributed by atoms with Crippen LogP contribution in [0.1, 0.15) is 27.7 Å². The van der Waals surface area contributed by atoms with Crippen molar-refractivity contribution in [2.45, 2.75) is 52.4 Å². The molecule has 0 N–H and O–H groups in total. The Morgan fingerprint density at radius 1 is 1.33 bits per heavy atom. The number of nitrogens with zero attached hydrogens (tertiary/aromatic N) is 1. The van der Waals surface area contributed by atoms with Gasteiger partial charge in [-0.15, -0.1) is 0 Å². The van der Waals surface area contributed by atoms with Crippen LogP contribution in [-0.2, 0) is 16.1 Å². The molecule has 118 valence electrons. The molecule has 0 bridgehead atoms. The summed E-state index contributed by atoms with van der Waals surface area (Å²) in [5.74, 6) is -0.127. The molecule has 6 heteroatoms. The molecule has 0 saturated heterocycles.